The highest BCUT2D eigenvalue weighted by Crippen LogP contribution is 2.41. The van der Waals surface area contributed by atoms with E-state index < -0.39 is 6.04 Å². The van der Waals surface area contributed by atoms with E-state index in [1.165, 1.54) is 9.40 Å². The molecule has 0 bridgehead atoms. The normalized spacial score (nSPS) is 12.5. The second-order valence-electron chi connectivity index (χ2n) is 13.3. The van der Waals surface area contributed by atoms with Crippen molar-refractivity contribution in [3.63, 3.8) is 0 Å². The van der Waals surface area contributed by atoms with E-state index in [0.717, 1.165) is 60.8 Å². The summed E-state index contributed by atoms with van der Waals surface area (Å²) in [6.45, 7) is 0. The van der Waals surface area contributed by atoms with Gasteiger partial charge in [-0.25, -0.2) is 15.0 Å². The first-order chi connectivity index (χ1) is 29.3. The van der Waals surface area contributed by atoms with Crippen LogP contribution >= 0.6 is 11.3 Å². The van der Waals surface area contributed by atoms with Crippen molar-refractivity contribution in [2.24, 2.45) is 0 Å². The van der Waals surface area contributed by atoms with Crippen LogP contribution in [-0.2, 0) is 0 Å². The number of hydrogen-bond donors (Lipinski definition) is 0. The van der Waals surface area contributed by atoms with Gasteiger partial charge in [-0.1, -0.05) is 182 Å². The van der Waals surface area contributed by atoms with E-state index in [-0.39, 0.29) is 29.7 Å². The summed E-state index contributed by atoms with van der Waals surface area (Å²) in [5.74, 6) is 1.91. The Bertz CT molecular complexity index is 3140. The van der Waals surface area contributed by atoms with Gasteiger partial charge in [0.25, 0.3) is 0 Å². The molecule has 0 amide bonds. The van der Waals surface area contributed by atoms with E-state index in [1.54, 1.807) is 11.3 Å². The van der Waals surface area contributed by atoms with E-state index >= 15 is 0 Å². The number of fused-ring (bicyclic) bond motifs is 3. The highest BCUT2D eigenvalue weighted by Gasteiger charge is 2.17. The van der Waals surface area contributed by atoms with Crippen LogP contribution < -0.4 is 0 Å². The highest BCUT2D eigenvalue weighted by molar-refractivity contribution is 7.26. The predicted molar refractivity (Wildman–Crippen MR) is 231 cm³/mol. The van der Waals surface area contributed by atoms with Gasteiger partial charge in [0.2, 0.25) is 0 Å². The Morgan fingerprint density at radius 3 is 1.33 bits per heavy atom. The zero-order chi connectivity index (χ0) is 40.9. The van der Waals surface area contributed by atoms with Gasteiger partial charge in [0.1, 0.15) is 0 Å². The molecule has 2 heterocycles. The van der Waals surface area contributed by atoms with Crippen molar-refractivity contribution in [2.45, 2.75) is 0 Å². The fraction of sp³-hybridized carbons (Fsp3) is 0. The van der Waals surface area contributed by atoms with Crippen LogP contribution in [0.15, 0.2) is 200 Å². The number of hydrogen-bond acceptors (Lipinski definition) is 4. The summed E-state index contributed by atoms with van der Waals surface area (Å²) in [5, 5.41) is 2.29. The van der Waals surface area contributed by atoms with Crippen LogP contribution in [0.4, 0.5) is 0 Å². The smallest absolute Gasteiger partial charge is 0.164 e. The number of thiophene rings is 1. The minimum atomic E-state index is -0.392. The summed E-state index contributed by atoms with van der Waals surface area (Å²) < 4.78 is 43.0. The SMILES string of the molecule is [2H]c1c([2H])c([2H])c(-c2ccc(-c3ccc(-c4ccc(-c5ccc6sc7cccc(-c8nc(-c9ccccc9)nc(-c9ccccc9)n8)c7c6c5)cc4)cc3)cc2)c([2H])c1[2H]. The Kier molecular flexibility index (Phi) is 7.06. The first kappa shape index (κ1) is 27.6. The summed E-state index contributed by atoms with van der Waals surface area (Å²) in [5.41, 5.74) is 10.0. The van der Waals surface area contributed by atoms with Gasteiger partial charge in [0.15, 0.2) is 17.5 Å². The molecule has 0 unspecified atom stereocenters. The van der Waals surface area contributed by atoms with Gasteiger partial charge in [0, 0.05) is 36.9 Å². The van der Waals surface area contributed by atoms with Gasteiger partial charge >= 0.3 is 0 Å². The molecule has 10 aromatic rings. The second-order valence-corrected chi connectivity index (χ2v) is 14.3. The zero-order valence-corrected chi connectivity index (χ0v) is 30.2. The van der Waals surface area contributed by atoms with Crippen LogP contribution in [-0.4, -0.2) is 15.0 Å². The monoisotopic (exact) mass is 724 g/mol. The molecule has 0 atom stereocenters. The molecule has 0 N–H and O–H groups in total. The largest absolute Gasteiger partial charge is 0.208 e. The van der Waals surface area contributed by atoms with E-state index in [2.05, 4.69) is 84.9 Å². The molecular weight excluding hydrogens is 687 g/mol. The molecule has 2 aromatic heterocycles. The number of aromatic nitrogens is 3. The molecule has 4 heteroatoms. The third kappa shape index (κ3) is 6.39. The van der Waals surface area contributed by atoms with Crippen molar-refractivity contribution in [1.82, 2.24) is 15.0 Å². The van der Waals surface area contributed by atoms with E-state index in [1.807, 2.05) is 84.9 Å². The Labute approximate surface area is 331 Å². The zero-order valence-electron chi connectivity index (χ0n) is 34.4. The molecule has 258 valence electrons. The van der Waals surface area contributed by atoms with Gasteiger partial charge in [-0.15, -0.1) is 11.3 Å². The molecular formula is C51H33N3S. The number of benzene rings is 8. The third-order valence-corrected chi connectivity index (χ3v) is 11.0. The molecule has 0 saturated carbocycles. The summed E-state index contributed by atoms with van der Waals surface area (Å²) in [7, 11) is 0. The van der Waals surface area contributed by atoms with Crippen LogP contribution in [0, 0.1) is 0 Å². The van der Waals surface area contributed by atoms with Gasteiger partial charge < -0.3 is 0 Å². The predicted octanol–water partition coefficient (Wildman–Crippen LogP) is 13.9. The average molecular weight is 725 g/mol. The van der Waals surface area contributed by atoms with E-state index in [4.69, 9.17) is 21.8 Å². The maximum atomic E-state index is 8.33. The van der Waals surface area contributed by atoms with Crippen molar-refractivity contribution in [3.05, 3.63) is 200 Å². The van der Waals surface area contributed by atoms with Crippen molar-refractivity contribution < 1.29 is 6.85 Å². The number of rotatable bonds is 7. The molecule has 8 aromatic carbocycles. The molecule has 0 aliphatic rings. The molecule has 0 fully saturated rings. The Hall–Kier alpha value is -7.01. The summed E-state index contributed by atoms with van der Waals surface area (Å²) in [6, 6.07) is 56.1. The Morgan fingerprint density at radius 1 is 0.345 bits per heavy atom. The van der Waals surface area contributed by atoms with Gasteiger partial charge in [-0.05, 0) is 62.7 Å². The van der Waals surface area contributed by atoms with Crippen LogP contribution in [0.2, 0.25) is 0 Å². The second kappa shape index (κ2) is 14.1. The van der Waals surface area contributed by atoms with Crippen LogP contribution in [0.1, 0.15) is 6.85 Å². The summed E-state index contributed by atoms with van der Waals surface area (Å²) in [6.07, 6.45) is 0. The topological polar surface area (TPSA) is 38.7 Å². The minimum Gasteiger partial charge on any atom is -0.208 e. The van der Waals surface area contributed by atoms with E-state index in [0.29, 0.717) is 23.0 Å². The van der Waals surface area contributed by atoms with Crippen LogP contribution in [0.25, 0.3) is 98.8 Å². The lowest BCUT2D eigenvalue weighted by Crippen LogP contribution is -2.00. The van der Waals surface area contributed by atoms with Crippen molar-refractivity contribution in [1.29, 1.82) is 0 Å². The van der Waals surface area contributed by atoms with Crippen LogP contribution in [0.5, 0.6) is 0 Å². The molecule has 0 radical (unpaired) electrons. The molecule has 0 aliphatic carbocycles. The molecule has 55 heavy (non-hydrogen) atoms. The third-order valence-electron chi connectivity index (χ3n) is 9.88. The lowest BCUT2D eigenvalue weighted by Gasteiger charge is -2.10. The lowest BCUT2D eigenvalue weighted by atomic mass is 9.96. The molecule has 10 rings (SSSR count). The fourth-order valence-corrected chi connectivity index (χ4v) is 8.17. The standard InChI is InChI=1S/C51H33N3S/c1-4-11-34(12-5-1)35-19-21-36(22-20-35)37-23-25-38(26-24-37)39-27-29-40(30-28-39)43-31-32-46-45(33-43)48-44(17-10-18-47(48)55-46)51-53-49(41-13-6-2-7-14-41)52-50(54-51)42-15-8-3-9-16-42/h1-33H/i1D,4D,5D,11D,12D. The molecule has 0 aliphatic heterocycles. The highest BCUT2D eigenvalue weighted by atomic mass is 32.1. The van der Waals surface area contributed by atoms with Gasteiger partial charge in [0.05, 0.1) is 6.85 Å². The quantitative estimate of drug-likeness (QED) is 0.164. The average Bonchev–Trinajstić information content (AvgIpc) is 3.69. The van der Waals surface area contributed by atoms with Crippen molar-refractivity contribution >= 4 is 31.5 Å². The fourth-order valence-electron chi connectivity index (χ4n) is 7.06. The first-order valence-electron chi connectivity index (χ1n) is 20.5. The van der Waals surface area contributed by atoms with Gasteiger partial charge in [-0.3, -0.25) is 0 Å². The van der Waals surface area contributed by atoms with E-state index in [9.17, 15) is 0 Å². The molecule has 3 nitrogen and oxygen atoms in total. The van der Waals surface area contributed by atoms with Crippen molar-refractivity contribution in [2.75, 3.05) is 0 Å². The Morgan fingerprint density at radius 2 is 0.800 bits per heavy atom. The summed E-state index contributed by atoms with van der Waals surface area (Å²) in [4.78, 5) is 15.0. The lowest BCUT2D eigenvalue weighted by molar-refractivity contribution is 1.08. The minimum absolute atomic E-state index is 0.203. The van der Waals surface area contributed by atoms with Crippen molar-refractivity contribution in [3.8, 4) is 78.7 Å². The number of nitrogens with zero attached hydrogens (tertiary/aromatic N) is 3. The first-order valence-corrected chi connectivity index (χ1v) is 18.8. The summed E-state index contributed by atoms with van der Waals surface area (Å²) >= 11 is 1.77. The van der Waals surface area contributed by atoms with Gasteiger partial charge in [-0.2, -0.15) is 0 Å². The molecule has 0 spiro atoms. The molecule has 0 saturated heterocycles. The maximum Gasteiger partial charge on any atom is 0.164 e. The Balaban J connectivity index is 0.950. The van der Waals surface area contributed by atoms with Crippen LogP contribution in [0.3, 0.4) is 0 Å². The maximum absolute atomic E-state index is 8.33.